The highest BCUT2D eigenvalue weighted by atomic mass is 16.8. The Morgan fingerprint density at radius 3 is 2.47 bits per heavy atom. The van der Waals surface area contributed by atoms with Crippen molar-refractivity contribution in [3.63, 3.8) is 0 Å². The molecular weight excluding hydrogens is 196 g/mol. The van der Waals surface area contributed by atoms with Crippen LogP contribution in [0.25, 0.3) is 0 Å². The third kappa shape index (κ3) is 2.21. The first-order valence-corrected chi connectivity index (χ1v) is 4.89. The number of H-pyrrole nitrogens is 1. The van der Waals surface area contributed by atoms with Gasteiger partial charge in [0.1, 0.15) is 6.20 Å². The molecule has 0 amide bonds. The normalized spacial score (nSPS) is 16.4. The molecule has 0 bridgehead atoms. The SMILES string of the molecule is [O-][N+]([O-])=c1ccc(N2CCNCC2)c[nH]1. The van der Waals surface area contributed by atoms with Crippen LogP contribution < -0.4 is 20.6 Å². The number of anilines is 1. The lowest BCUT2D eigenvalue weighted by atomic mass is 10.3. The molecule has 6 heteroatoms. The number of aromatic nitrogens is 1. The van der Waals surface area contributed by atoms with Crippen molar-refractivity contribution in [1.82, 2.24) is 15.2 Å². The van der Waals surface area contributed by atoms with Gasteiger partial charge in [0, 0.05) is 32.2 Å². The lowest BCUT2D eigenvalue weighted by Gasteiger charge is -2.28. The molecule has 0 spiro atoms. The van der Waals surface area contributed by atoms with Crippen LogP contribution in [0.4, 0.5) is 5.69 Å². The molecule has 15 heavy (non-hydrogen) atoms. The highest BCUT2D eigenvalue weighted by Gasteiger charge is 2.10. The van der Waals surface area contributed by atoms with Crippen LogP contribution >= 0.6 is 0 Å². The van der Waals surface area contributed by atoms with E-state index < -0.39 is 4.90 Å². The molecule has 0 saturated carbocycles. The number of piperazine rings is 1. The lowest BCUT2D eigenvalue weighted by Crippen LogP contribution is -2.43. The van der Waals surface area contributed by atoms with E-state index in [-0.39, 0.29) is 5.49 Å². The Kier molecular flexibility index (Phi) is 2.77. The van der Waals surface area contributed by atoms with Gasteiger partial charge in [0.05, 0.1) is 5.69 Å². The number of aromatic amines is 1. The molecule has 2 rings (SSSR count). The van der Waals surface area contributed by atoms with Gasteiger partial charge >= 0.3 is 0 Å². The first kappa shape index (κ1) is 9.85. The summed E-state index contributed by atoms with van der Waals surface area (Å²) in [5.41, 5.74) is 1.02. The molecule has 1 aromatic rings. The summed E-state index contributed by atoms with van der Waals surface area (Å²) >= 11 is 0. The van der Waals surface area contributed by atoms with Crippen molar-refractivity contribution in [2.45, 2.75) is 0 Å². The summed E-state index contributed by atoms with van der Waals surface area (Å²) < 4.78 is 0. The first-order valence-electron chi connectivity index (χ1n) is 4.89. The molecule has 0 unspecified atom stereocenters. The number of hydrogen-bond acceptors (Lipinski definition) is 4. The van der Waals surface area contributed by atoms with Crippen molar-refractivity contribution < 1.29 is 0 Å². The van der Waals surface area contributed by atoms with Gasteiger partial charge in [0.25, 0.3) is 5.49 Å². The van der Waals surface area contributed by atoms with Gasteiger partial charge in [-0.15, -0.1) is 0 Å². The molecule has 0 aliphatic carbocycles. The molecule has 1 aliphatic rings. The first-order chi connectivity index (χ1) is 7.27. The third-order valence-electron chi connectivity index (χ3n) is 2.46. The van der Waals surface area contributed by atoms with E-state index in [0.717, 1.165) is 31.9 Å². The second-order valence-electron chi connectivity index (χ2n) is 3.43. The van der Waals surface area contributed by atoms with Crippen LogP contribution in [0.15, 0.2) is 18.3 Å². The fraction of sp³-hybridized carbons (Fsp3) is 0.444. The average molecular weight is 209 g/mol. The van der Waals surface area contributed by atoms with Crippen molar-refractivity contribution in [2.24, 2.45) is 0 Å². The van der Waals surface area contributed by atoms with Crippen molar-refractivity contribution in [3.8, 4) is 0 Å². The third-order valence-corrected chi connectivity index (χ3v) is 2.46. The predicted octanol–water partition coefficient (Wildman–Crippen LogP) is -0.808. The number of nitrogens with one attached hydrogen (secondary N) is 2. The second-order valence-corrected chi connectivity index (χ2v) is 3.43. The lowest BCUT2D eigenvalue weighted by molar-refractivity contribution is 0.588. The van der Waals surface area contributed by atoms with E-state index in [1.165, 1.54) is 6.07 Å². The molecule has 82 valence electrons. The Labute approximate surface area is 87.0 Å². The maximum Gasteiger partial charge on any atom is 0.280 e. The summed E-state index contributed by atoms with van der Waals surface area (Å²) in [6, 6.07) is 3.28. The molecule has 1 saturated heterocycles. The van der Waals surface area contributed by atoms with Gasteiger partial charge in [-0.05, 0) is 6.07 Å². The molecule has 2 heterocycles. The Bertz CT molecular complexity index is 371. The topological polar surface area (TPSA) is 80.2 Å². The molecule has 1 aromatic heterocycles. The molecule has 0 aromatic carbocycles. The van der Waals surface area contributed by atoms with Crippen LogP contribution in [0.5, 0.6) is 0 Å². The standard InChI is InChI=1S/C9H13N4O2/c14-13(15)9-2-1-8(7-11-9)12-5-3-10-4-6-12/h1-2,7,10-11H,3-6H2/q-1. The minimum absolute atomic E-state index is 0.0221. The molecular formula is C9H13N4O2-. The predicted molar refractivity (Wildman–Crippen MR) is 57.9 cm³/mol. The minimum atomic E-state index is -0.429. The van der Waals surface area contributed by atoms with E-state index in [1.807, 2.05) is 0 Å². The van der Waals surface area contributed by atoms with E-state index in [1.54, 1.807) is 12.3 Å². The highest BCUT2D eigenvalue weighted by molar-refractivity contribution is 5.43. The molecule has 6 nitrogen and oxygen atoms in total. The number of rotatable bonds is 1. The fourth-order valence-corrected chi connectivity index (χ4v) is 1.64. The Morgan fingerprint density at radius 1 is 1.20 bits per heavy atom. The number of nitrogens with zero attached hydrogens (tertiary/aromatic N) is 2. The highest BCUT2D eigenvalue weighted by Crippen LogP contribution is 2.10. The van der Waals surface area contributed by atoms with Crippen molar-refractivity contribution >= 4 is 5.69 Å². The summed E-state index contributed by atoms with van der Waals surface area (Å²) in [7, 11) is 0. The summed E-state index contributed by atoms with van der Waals surface area (Å²) in [6.07, 6.45) is 1.68. The van der Waals surface area contributed by atoms with Crippen LogP contribution in [-0.4, -0.2) is 31.2 Å². The maximum absolute atomic E-state index is 10.4. The largest absolute Gasteiger partial charge is 0.712 e. The van der Waals surface area contributed by atoms with Crippen LogP contribution in [0.3, 0.4) is 0 Å². The smallest absolute Gasteiger partial charge is 0.280 e. The van der Waals surface area contributed by atoms with Crippen LogP contribution in [-0.2, 0) is 0 Å². The maximum atomic E-state index is 10.4. The van der Waals surface area contributed by atoms with E-state index in [4.69, 9.17) is 0 Å². The van der Waals surface area contributed by atoms with E-state index in [2.05, 4.69) is 15.2 Å². The Hall–Kier alpha value is -1.69. The zero-order valence-electron chi connectivity index (χ0n) is 8.27. The zero-order chi connectivity index (χ0) is 10.7. The summed E-state index contributed by atoms with van der Waals surface area (Å²) in [4.78, 5) is 4.43. The molecule has 1 fully saturated rings. The fourth-order valence-electron chi connectivity index (χ4n) is 1.64. The Morgan fingerprint density at radius 2 is 1.93 bits per heavy atom. The van der Waals surface area contributed by atoms with E-state index in [9.17, 15) is 10.4 Å². The monoisotopic (exact) mass is 209 g/mol. The van der Waals surface area contributed by atoms with Gasteiger partial charge in [0.15, 0.2) is 0 Å². The van der Waals surface area contributed by atoms with Gasteiger partial charge in [0.2, 0.25) is 0 Å². The molecule has 1 aliphatic heterocycles. The van der Waals surface area contributed by atoms with Gasteiger partial charge in [-0.1, -0.05) is 0 Å². The average Bonchev–Trinajstić information content (AvgIpc) is 2.30. The number of pyridine rings is 1. The molecule has 0 radical (unpaired) electrons. The van der Waals surface area contributed by atoms with Crippen LogP contribution in [0.1, 0.15) is 0 Å². The van der Waals surface area contributed by atoms with Crippen molar-refractivity contribution in [1.29, 1.82) is 0 Å². The van der Waals surface area contributed by atoms with Gasteiger partial charge in [-0.2, -0.15) is 0 Å². The summed E-state index contributed by atoms with van der Waals surface area (Å²) in [5.74, 6) is 0. The van der Waals surface area contributed by atoms with Crippen molar-refractivity contribution in [3.05, 3.63) is 34.2 Å². The zero-order valence-corrected chi connectivity index (χ0v) is 8.27. The number of hydrogen-bond donors (Lipinski definition) is 2. The minimum Gasteiger partial charge on any atom is -0.712 e. The van der Waals surface area contributed by atoms with Crippen LogP contribution in [0, 0.1) is 10.4 Å². The van der Waals surface area contributed by atoms with Gasteiger partial charge in [-0.3, -0.25) is 4.90 Å². The Balaban J connectivity index is 2.19. The summed E-state index contributed by atoms with van der Waals surface area (Å²) in [5, 5.41) is 24.1. The van der Waals surface area contributed by atoms with Gasteiger partial charge in [-0.25, -0.2) is 4.98 Å². The summed E-state index contributed by atoms with van der Waals surface area (Å²) in [6.45, 7) is 3.78. The molecule has 0 atom stereocenters. The van der Waals surface area contributed by atoms with Gasteiger partial charge < -0.3 is 20.6 Å². The van der Waals surface area contributed by atoms with Crippen molar-refractivity contribution in [2.75, 3.05) is 31.1 Å². The van der Waals surface area contributed by atoms with Crippen LogP contribution in [0.2, 0.25) is 0 Å². The second kappa shape index (κ2) is 4.22. The van der Waals surface area contributed by atoms with E-state index in [0.29, 0.717) is 0 Å². The molecule has 2 N–H and O–H groups in total. The van der Waals surface area contributed by atoms with E-state index >= 15 is 0 Å². The quantitative estimate of drug-likeness (QED) is 0.593.